The van der Waals surface area contributed by atoms with Gasteiger partial charge in [0.25, 0.3) is 0 Å². The summed E-state index contributed by atoms with van der Waals surface area (Å²) in [5, 5.41) is 9.72. The van der Waals surface area contributed by atoms with E-state index in [1.54, 1.807) is 12.1 Å². The number of amides is 1. The molecule has 2 aromatic carbocycles. The molecule has 0 aromatic heterocycles. The van der Waals surface area contributed by atoms with E-state index in [1.165, 1.54) is 37.3 Å². The van der Waals surface area contributed by atoms with E-state index in [-0.39, 0.29) is 39.8 Å². The van der Waals surface area contributed by atoms with Gasteiger partial charge in [0.05, 0.1) is 30.5 Å². The lowest BCUT2D eigenvalue weighted by molar-refractivity contribution is -0.121. The highest BCUT2D eigenvalue weighted by Crippen LogP contribution is 2.51. The summed E-state index contributed by atoms with van der Waals surface area (Å²) in [5.41, 5.74) is 1.67. The summed E-state index contributed by atoms with van der Waals surface area (Å²) in [4.78, 5) is 40.2. The molecule has 34 heavy (non-hydrogen) atoms. The fourth-order valence-electron chi connectivity index (χ4n) is 4.96. The van der Waals surface area contributed by atoms with Crippen LogP contribution in [0.15, 0.2) is 47.7 Å². The molecule has 178 valence electrons. The molecule has 2 aliphatic rings. The quantitative estimate of drug-likeness (QED) is 0.626. The summed E-state index contributed by atoms with van der Waals surface area (Å²) >= 11 is 6.45. The van der Waals surface area contributed by atoms with E-state index < -0.39 is 11.9 Å². The van der Waals surface area contributed by atoms with Gasteiger partial charge in [0, 0.05) is 35.6 Å². The van der Waals surface area contributed by atoms with E-state index in [4.69, 9.17) is 21.1 Å². The number of carboxylic acid groups (broad SMARTS) is 1. The normalized spacial score (nSPS) is 19.7. The summed E-state index contributed by atoms with van der Waals surface area (Å²) in [7, 11) is 3.06. The minimum atomic E-state index is -1.13. The van der Waals surface area contributed by atoms with Crippen molar-refractivity contribution in [1.82, 2.24) is 0 Å². The maximum atomic E-state index is 13.6. The van der Waals surface area contributed by atoms with Crippen molar-refractivity contribution in [3.8, 4) is 11.5 Å². The predicted molar refractivity (Wildman–Crippen MR) is 128 cm³/mol. The first kappa shape index (κ1) is 23.8. The summed E-state index contributed by atoms with van der Waals surface area (Å²) < 4.78 is 11.1. The second-order valence-corrected chi connectivity index (χ2v) is 9.75. The Bertz CT molecular complexity index is 1230. The van der Waals surface area contributed by atoms with Gasteiger partial charge in [-0.05, 0) is 36.1 Å². The number of nitrogens with zero attached hydrogens (tertiary/aromatic N) is 1. The average Bonchev–Trinajstić information content (AvgIpc) is 2.77. The number of carboxylic acids is 1. The molecule has 1 atom stereocenters. The standard InChI is InChI=1S/C26H26ClNO6/c1-26(2)12-19-23(20(29)13-26)16(15-6-5-7-21(33-3)24(15)34-4)11-22(30)28(19)18-10-14(25(31)32)8-9-17(18)27/h5-10,16H,11-13H2,1-4H3,(H,31,32). The second kappa shape index (κ2) is 8.80. The van der Waals surface area contributed by atoms with E-state index in [1.807, 2.05) is 19.9 Å². The molecule has 0 radical (unpaired) electrons. The van der Waals surface area contributed by atoms with Gasteiger partial charge in [0.2, 0.25) is 5.91 Å². The Labute approximate surface area is 202 Å². The zero-order chi connectivity index (χ0) is 24.8. The predicted octanol–water partition coefficient (Wildman–Crippen LogP) is 5.22. The summed E-state index contributed by atoms with van der Waals surface area (Å²) in [5.74, 6) is -0.985. The fourth-order valence-corrected chi connectivity index (χ4v) is 5.17. The maximum absolute atomic E-state index is 13.6. The molecule has 1 N–H and O–H groups in total. The number of Topliss-reactive ketones (excluding diaryl/α,β-unsaturated/α-hetero) is 1. The van der Waals surface area contributed by atoms with Gasteiger partial charge >= 0.3 is 5.97 Å². The Morgan fingerprint density at radius 2 is 1.85 bits per heavy atom. The Kier molecular flexibility index (Phi) is 6.16. The van der Waals surface area contributed by atoms with Crippen molar-refractivity contribution in [2.75, 3.05) is 19.1 Å². The number of aromatic carboxylic acids is 1. The van der Waals surface area contributed by atoms with Crippen molar-refractivity contribution >= 4 is 34.9 Å². The number of allylic oxidation sites excluding steroid dienone is 2. The number of para-hydroxylation sites is 1. The zero-order valence-electron chi connectivity index (χ0n) is 19.5. The van der Waals surface area contributed by atoms with Crippen LogP contribution in [0.3, 0.4) is 0 Å². The van der Waals surface area contributed by atoms with E-state index in [2.05, 4.69) is 0 Å². The van der Waals surface area contributed by atoms with Crippen LogP contribution in [-0.2, 0) is 9.59 Å². The number of rotatable bonds is 5. The molecule has 8 heteroatoms. The van der Waals surface area contributed by atoms with Gasteiger partial charge in [-0.3, -0.25) is 14.5 Å². The number of ketones is 1. The molecule has 1 aliphatic heterocycles. The number of carbonyl (C=O) groups excluding carboxylic acids is 2. The average molecular weight is 484 g/mol. The van der Waals surface area contributed by atoms with E-state index in [9.17, 15) is 19.5 Å². The van der Waals surface area contributed by atoms with Crippen LogP contribution in [0.2, 0.25) is 5.02 Å². The maximum Gasteiger partial charge on any atom is 0.335 e. The SMILES string of the molecule is COc1cccc(C2CC(=O)N(c3cc(C(=O)O)ccc3Cl)C3=C2C(=O)CC(C)(C)C3)c1OC. The van der Waals surface area contributed by atoms with Crippen molar-refractivity contribution in [1.29, 1.82) is 0 Å². The molecular formula is C26H26ClNO6. The highest BCUT2D eigenvalue weighted by molar-refractivity contribution is 6.34. The van der Waals surface area contributed by atoms with Crippen molar-refractivity contribution < 1.29 is 29.0 Å². The van der Waals surface area contributed by atoms with Gasteiger partial charge in [-0.15, -0.1) is 0 Å². The van der Waals surface area contributed by atoms with Crippen LogP contribution < -0.4 is 14.4 Å². The molecule has 1 unspecified atom stereocenters. The van der Waals surface area contributed by atoms with Crippen LogP contribution in [0, 0.1) is 5.41 Å². The number of hydrogen-bond acceptors (Lipinski definition) is 5. The van der Waals surface area contributed by atoms with Crippen molar-refractivity contribution in [3.63, 3.8) is 0 Å². The first-order valence-electron chi connectivity index (χ1n) is 10.9. The van der Waals surface area contributed by atoms with Gasteiger partial charge in [0.15, 0.2) is 17.3 Å². The molecule has 1 aliphatic carbocycles. The number of anilines is 1. The lowest BCUT2D eigenvalue weighted by atomic mass is 9.69. The van der Waals surface area contributed by atoms with Gasteiger partial charge in [0.1, 0.15) is 0 Å². The number of ether oxygens (including phenoxy) is 2. The van der Waals surface area contributed by atoms with E-state index >= 15 is 0 Å². The minimum Gasteiger partial charge on any atom is -0.493 e. The fraction of sp³-hybridized carbons (Fsp3) is 0.346. The number of benzene rings is 2. The summed E-state index contributed by atoms with van der Waals surface area (Å²) in [6.45, 7) is 3.95. The zero-order valence-corrected chi connectivity index (χ0v) is 20.2. The topological polar surface area (TPSA) is 93.1 Å². The molecule has 1 amide bonds. The molecular weight excluding hydrogens is 458 g/mol. The summed E-state index contributed by atoms with van der Waals surface area (Å²) in [6.07, 6.45) is 0.790. The Morgan fingerprint density at radius 3 is 2.50 bits per heavy atom. The van der Waals surface area contributed by atoms with Crippen molar-refractivity contribution in [2.45, 2.75) is 39.0 Å². The Balaban J connectivity index is 1.97. The smallest absolute Gasteiger partial charge is 0.335 e. The molecule has 0 fully saturated rings. The third-order valence-electron chi connectivity index (χ3n) is 6.39. The monoisotopic (exact) mass is 483 g/mol. The lowest BCUT2D eigenvalue weighted by Crippen LogP contribution is -2.44. The Hall–Kier alpha value is -3.32. The van der Waals surface area contributed by atoms with Crippen LogP contribution in [0.1, 0.15) is 54.9 Å². The van der Waals surface area contributed by atoms with E-state index in [0.717, 1.165) is 0 Å². The molecule has 0 saturated carbocycles. The van der Waals surface area contributed by atoms with Crippen molar-refractivity contribution in [2.24, 2.45) is 5.41 Å². The van der Waals surface area contributed by atoms with Gasteiger partial charge in [-0.25, -0.2) is 4.79 Å². The molecule has 0 bridgehead atoms. The molecule has 7 nitrogen and oxygen atoms in total. The van der Waals surface area contributed by atoms with Crippen molar-refractivity contribution in [3.05, 3.63) is 63.8 Å². The second-order valence-electron chi connectivity index (χ2n) is 9.34. The first-order chi connectivity index (χ1) is 16.1. The van der Waals surface area contributed by atoms with Gasteiger partial charge in [-0.1, -0.05) is 37.6 Å². The third-order valence-corrected chi connectivity index (χ3v) is 6.71. The highest BCUT2D eigenvalue weighted by Gasteiger charge is 2.45. The molecule has 2 aromatic rings. The molecule has 0 spiro atoms. The first-order valence-corrected chi connectivity index (χ1v) is 11.3. The van der Waals surface area contributed by atoms with Crippen LogP contribution in [0.25, 0.3) is 0 Å². The lowest BCUT2D eigenvalue weighted by Gasteiger charge is -2.43. The minimum absolute atomic E-state index is 0.00214. The van der Waals surface area contributed by atoms with Crippen LogP contribution >= 0.6 is 11.6 Å². The van der Waals surface area contributed by atoms with Gasteiger partial charge in [-0.2, -0.15) is 0 Å². The molecule has 1 heterocycles. The highest BCUT2D eigenvalue weighted by atomic mass is 35.5. The number of hydrogen-bond donors (Lipinski definition) is 1. The van der Waals surface area contributed by atoms with Crippen LogP contribution in [-0.4, -0.2) is 37.0 Å². The third kappa shape index (κ3) is 4.05. The number of methoxy groups -OCH3 is 2. The number of halogens is 1. The van der Waals surface area contributed by atoms with Crippen LogP contribution in [0.4, 0.5) is 5.69 Å². The Morgan fingerprint density at radius 1 is 1.12 bits per heavy atom. The van der Waals surface area contributed by atoms with Crippen LogP contribution in [0.5, 0.6) is 11.5 Å². The molecule has 0 saturated heterocycles. The summed E-state index contributed by atoms with van der Waals surface area (Å²) in [6, 6.07) is 9.63. The van der Waals surface area contributed by atoms with E-state index in [0.29, 0.717) is 41.2 Å². The van der Waals surface area contributed by atoms with Gasteiger partial charge < -0.3 is 14.6 Å². The number of carbonyl (C=O) groups is 3. The molecule has 4 rings (SSSR count). The largest absolute Gasteiger partial charge is 0.493 e.